The lowest BCUT2D eigenvalue weighted by molar-refractivity contribution is -0.121. The zero-order chi connectivity index (χ0) is 16.0. The zero-order valence-corrected chi connectivity index (χ0v) is 11.5. The first kappa shape index (κ1) is 16.0. The average Bonchev–Trinajstić information content (AvgIpc) is 2.43. The Bertz CT molecular complexity index is 621. The van der Waals surface area contributed by atoms with Crippen molar-refractivity contribution in [3.8, 4) is 11.9 Å². The summed E-state index contributed by atoms with van der Waals surface area (Å²) in [7, 11) is 0. The molecule has 0 spiro atoms. The number of imide groups is 1. The molecule has 0 saturated heterocycles. The summed E-state index contributed by atoms with van der Waals surface area (Å²) in [6.07, 6.45) is 1.10. The fourth-order valence-corrected chi connectivity index (χ4v) is 1.48. The highest BCUT2D eigenvalue weighted by molar-refractivity contribution is 6.29. The predicted octanol–water partition coefficient (Wildman–Crippen LogP) is 1.50. The third kappa shape index (κ3) is 3.94. The number of hydrogen-bond donors (Lipinski definition) is 2. The van der Waals surface area contributed by atoms with E-state index in [-0.39, 0.29) is 12.3 Å². The van der Waals surface area contributed by atoms with Crippen molar-refractivity contribution in [3.63, 3.8) is 0 Å². The summed E-state index contributed by atoms with van der Waals surface area (Å²) >= 11 is 0. The van der Waals surface area contributed by atoms with Crippen molar-refractivity contribution < 1.29 is 19.8 Å². The first-order valence-corrected chi connectivity index (χ1v) is 5.98. The lowest BCUT2D eigenvalue weighted by Crippen LogP contribution is -2.36. The van der Waals surface area contributed by atoms with E-state index in [2.05, 4.69) is 5.10 Å². The molecule has 0 aromatic heterocycles. The molecule has 1 aromatic rings. The van der Waals surface area contributed by atoms with Gasteiger partial charge >= 0.3 is 6.09 Å². The van der Waals surface area contributed by atoms with Crippen LogP contribution in [0.25, 0.3) is 0 Å². The first-order chi connectivity index (χ1) is 9.90. The molecule has 0 atom stereocenters. The largest absolute Gasteiger partial charge is 0.508 e. The molecule has 8 heteroatoms. The lowest BCUT2D eigenvalue weighted by Gasteiger charge is -2.13. The van der Waals surface area contributed by atoms with Gasteiger partial charge in [-0.2, -0.15) is 15.4 Å². The van der Waals surface area contributed by atoms with Crippen molar-refractivity contribution in [1.29, 1.82) is 5.26 Å². The molecule has 0 bridgehead atoms. The molecule has 8 nitrogen and oxygen atoms in total. The summed E-state index contributed by atoms with van der Waals surface area (Å²) in [5.41, 5.74) is 0.880. The Morgan fingerprint density at radius 1 is 1.48 bits per heavy atom. The number of nitrogens with zero attached hydrogens (tertiary/aromatic N) is 4. The van der Waals surface area contributed by atoms with Crippen molar-refractivity contribution >= 4 is 23.9 Å². The molecule has 0 unspecified atom stereocenters. The Kier molecular flexibility index (Phi) is 5.25. The van der Waals surface area contributed by atoms with Crippen LogP contribution in [0.4, 0.5) is 10.5 Å². The van der Waals surface area contributed by atoms with E-state index in [1.165, 1.54) is 25.1 Å². The number of nitriles is 1. The van der Waals surface area contributed by atoms with E-state index < -0.39 is 12.0 Å². The molecule has 0 heterocycles. The van der Waals surface area contributed by atoms with Crippen LogP contribution in [-0.4, -0.2) is 39.9 Å². The van der Waals surface area contributed by atoms with Crippen molar-refractivity contribution in [2.75, 3.05) is 11.6 Å². The van der Waals surface area contributed by atoms with E-state index in [9.17, 15) is 14.7 Å². The molecule has 0 saturated carbocycles. The molecule has 1 aromatic carbocycles. The maximum atomic E-state index is 11.6. The highest BCUT2D eigenvalue weighted by Gasteiger charge is 2.17. The van der Waals surface area contributed by atoms with Gasteiger partial charge in [0.25, 0.3) is 5.91 Å². The van der Waals surface area contributed by atoms with Crippen LogP contribution < -0.4 is 5.01 Å². The zero-order valence-electron chi connectivity index (χ0n) is 11.5. The highest BCUT2D eigenvalue weighted by Crippen LogP contribution is 2.22. The minimum absolute atomic E-state index is 0.0228. The van der Waals surface area contributed by atoms with Crippen molar-refractivity contribution in [2.24, 2.45) is 5.10 Å². The van der Waals surface area contributed by atoms with Crippen LogP contribution in [0.2, 0.25) is 0 Å². The summed E-state index contributed by atoms with van der Waals surface area (Å²) in [4.78, 5) is 22.9. The predicted molar refractivity (Wildman–Crippen MR) is 74.8 cm³/mol. The van der Waals surface area contributed by atoms with Gasteiger partial charge in [-0.3, -0.25) is 4.79 Å². The van der Waals surface area contributed by atoms with Gasteiger partial charge in [0.1, 0.15) is 12.0 Å². The van der Waals surface area contributed by atoms with Gasteiger partial charge in [-0.15, -0.1) is 0 Å². The molecule has 0 fully saturated rings. The number of rotatable bonds is 4. The number of phenolic OH excluding ortho intramolecular Hbond substituents is 1. The van der Waals surface area contributed by atoms with Gasteiger partial charge in [0.05, 0.1) is 5.69 Å². The molecular weight excluding hydrogens is 276 g/mol. The Balaban J connectivity index is 2.94. The second-order valence-corrected chi connectivity index (χ2v) is 3.99. The van der Waals surface area contributed by atoms with Gasteiger partial charge in [0.15, 0.2) is 0 Å². The second-order valence-electron chi connectivity index (χ2n) is 3.99. The standard InChI is InChI=1S/C13H14N4O4/c1-3-16(13(20)21)12(19)7-15-17(8-14)10-4-5-11(18)9(2)6-10/h4-7,18H,3H2,1-2H3,(H,20,21)/b15-7-. The fourth-order valence-electron chi connectivity index (χ4n) is 1.48. The number of carboxylic acid groups (broad SMARTS) is 1. The number of carbonyl (C=O) groups excluding carboxylic acids is 1. The fraction of sp³-hybridized carbons (Fsp3) is 0.231. The van der Waals surface area contributed by atoms with Crippen molar-refractivity contribution in [2.45, 2.75) is 13.8 Å². The number of benzene rings is 1. The Morgan fingerprint density at radius 3 is 2.62 bits per heavy atom. The summed E-state index contributed by atoms with van der Waals surface area (Å²) < 4.78 is 0. The molecule has 0 aliphatic carbocycles. The summed E-state index contributed by atoms with van der Waals surface area (Å²) in [5, 5.41) is 31.7. The Labute approximate surface area is 121 Å². The first-order valence-electron chi connectivity index (χ1n) is 5.98. The van der Waals surface area contributed by atoms with Gasteiger partial charge in [-0.25, -0.2) is 9.69 Å². The number of hydrazone groups is 1. The van der Waals surface area contributed by atoms with E-state index in [4.69, 9.17) is 10.4 Å². The molecule has 2 N–H and O–H groups in total. The molecule has 2 amide bonds. The SMILES string of the molecule is CCN(C(=O)O)C(=O)/C=N\N(C#N)c1ccc(O)c(C)c1. The smallest absolute Gasteiger partial charge is 0.414 e. The number of anilines is 1. The number of hydrogen-bond acceptors (Lipinski definition) is 6. The topological polar surface area (TPSA) is 117 Å². The monoisotopic (exact) mass is 290 g/mol. The molecule has 0 aliphatic rings. The summed E-state index contributed by atoms with van der Waals surface area (Å²) in [5.74, 6) is -0.777. The minimum atomic E-state index is -1.39. The third-order valence-corrected chi connectivity index (χ3v) is 2.62. The third-order valence-electron chi connectivity index (χ3n) is 2.62. The van der Waals surface area contributed by atoms with Gasteiger partial charge in [-0.05, 0) is 37.6 Å². The number of amides is 2. The molecule has 0 aliphatic heterocycles. The normalized spacial score (nSPS) is 10.1. The van der Waals surface area contributed by atoms with E-state index in [1.54, 1.807) is 13.1 Å². The van der Waals surface area contributed by atoms with E-state index in [0.29, 0.717) is 16.2 Å². The van der Waals surface area contributed by atoms with Crippen LogP contribution in [-0.2, 0) is 4.79 Å². The van der Waals surface area contributed by atoms with Crippen LogP contribution in [0.5, 0.6) is 5.75 Å². The van der Waals surface area contributed by atoms with Crippen molar-refractivity contribution in [3.05, 3.63) is 23.8 Å². The van der Waals surface area contributed by atoms with Crippen molar-refractivity contribution in [1.82, 2.24) is 4.90 Å². The lowest BCUT2D eigenvalue weighted by atomic mass is 10.2. The van der Waals surface area contributed by atoms with Gasteiger partial charge < -0.3 is 10.2 Å². The van der Waals surface area contributed by atoms with Gasteiger partial charge in [-0.1, -0.05) is 0 Å². The van der Waals surface area contributed by atoms with Gasteiger partial charge in [0.2, 0.25) is 6.19 Å². The van der Waals surface area contributed by atoms with Crippen LogP contribution in [0, 0.1) is 18.4 Å². The number of aryl methyl sites for hydroxylation is 1. The Hall–Kier alpha value is -3.08. The number of phenols is 1. The molecular formula is C13H14N4O4. The molecule has 21 heavy (non-hydrogen) atoms. The van der Waals surface area contributed by atoms with Crippen LogP contribution in [0.15, 0.2) is 23.3 Å². The molecule has 1 rings (SSSR count). The number of carbonyl (C=O) groups is 2. The number of aromatic hydroxyl groups is 1. The maximum Gasteiger partial charge on any atom is 0.414 e. The summed E-state index contributed by atoms with van der Waals surface area (Å²) in [6, 6.07) is 4.35. The van der Waals surface area contributed by atoms with E-state index in [0.717, 1.165) is 11.2 Å². The van der Waals surface area contributed by atoms with E-state index in [1.807, 2.05) is 0 Å². The van der Waals surface area contributed by atoms with Crippen LogP contribution >= 0.6 is 0 Å². The average molecular weight is 290 g/mol. The Morgan fingerprint density at radius 2 is 2.14 bits per heavy atom. The maximum absolute atomic E-state index is 11.6. The highest BCUT2D eigenvalue weighted by atomic mass is 16.4. The quantitative estimate of drug-likeness (QED) is 0.375. The van der Waals surface area contributed by atoms with Gasteiger partial charge in [0, 0.05) is 6.54 Å². The van der Waals surface area contributed by atoms with E-state index >= 15 is 0 Å². The van der Waals surface area contributed by atoms with Crippen LogP contribution in [0.3, 0.4) is 0 Å². The molecule has 110 valence electrons. The molecule has 0 radical (unpaired) electrons. The van der Waals surface area contributed by atoms with Crippen LogP contribution in [0.1, 0.15) is 12.5 Å². The summed E-state index contributed by atoms with van der Waals surface area (Å²) in [6.45, 7) is 3.13. The minimum Gasteiger partial charge on any atom is -0.508 e. The second kappa shape index (κ2) is 6.91.